The average Bonchev–Trinajstić information content (AvgIpc) is 2.50. The molecule has 76 valence electrons. The third kappa shape index (κ3) is 1.60. The first-order chi connectivity index (χ1) is 7.43. The van der Waals surface area contributed by atoms with Gasteiger partial charge in [0.1, 0.15) is 0 Å². The van der Waals surface area contributed by atoms with E-state index in [-0.39, 0.29) is 0 Å². The summed E-state index contributed by atoms with van der Waals surface area (Å²) in [5.74, 6) is 0. The van der Waals surface area contributed by atoms with Crippen LogP contribution >= 0.6 is 0 Å². The quantitative estimate of drug-likeness (QED) is 0.662. The van der Waals surface area contributed by atoms with Crippen LogP contribution in [0.15, 0.2) is 23.3 Å². The minimum absolute atomic E-state index is 0.900. The van der Waals surface area contributed by atoms with E-state index in [2.05, 4.69) is 34.1 Å². The van der Waals surface area contributed by atoms with Crippen LogP contribution in [0.3, 0.4) is 0 Å². The number of fused-ring (bicyclic) bond motifs is 2. The highest BCUT2D eigenvalue weighted by Crippen LogP contribution is 2.21. The van der Waals surface area contributed by atoms with Gasteiger partial charge in [-0.25, -0.2) is 0 Å². The van der Waals surface area contributed by atoms with Gasteiger partial charge < -0.3 is 0 Å². The summed E-state index contributed by atoms with van der Waals surface area (Å²) in [6, 6.07) is 4.56. The molecule has 0 amide bonds. The van der Waals surface area contributed by atoms with Crippen LogP contribution < -0.4 is 10.9 Å². The third-order valence-electron chi connectivity index (χ3n) is 2.90. The summed E-state index contributed by atoms with van der Waals surface area (Å²) >= 11 is 0. The SMILES string of the molecule is C1=Cc2cc3c(cc2CC=N1)CNNC3. The van der Waals surface area contributed by atoms with Crippen molar-refractivity contribution in [2.45, 2.75) is 19.5 Å². The molecule has 2 N–H and O–H groups in total. The number of nitrogens with one attached hydrogen (secondary N) is 2. The van der Waals surface area contributed by atoms with Crippen LogP contribution in [-0.2, 0) is 19.5 Å². The molecule has 0 aliphatic carbocycles. The molecule has 1 aromatic carbocycles. The maximum Gasteiger partial charge on any atom is 0.0354 e. The summed E-state index contributed by atoms with van der Waals surface area (Å²) in [7, 11) is 0. The van der Waals surface area contributed by atoms with Crippen LogP contribution in [0.1, 0.15) is 22.3 Å². The number of nitrogens with zero attached hydrogens (tertiary/aromatic N) is 1. The fourth-order valence-electron chi connectivity index (χ4n) is 2.07. The van der Waals surface area contributed by atoms with Gasteiger partial charge in [-0.15, -0.1) is 0 Å². The summed E-state index contributed by atoms with van der Waals surface area (Å²) in [5.41, 5.74) is 11.8. The maximum atomic E-state index is 4.18. The molecule has 0 atom stereocenters. The van der Waals surface area contributed by atoms with Crippen molar-refractivity contribution in [1.82, 2.24) is 10.9 Å². The van der Waals surface area contributed by atoms with Crippen molar-refractivity contribution in [1.29, 1.82) is 0 Å². The molecular formula is C12H13N3. The molecule has 0 saturated carbocycles. The zero-order valence-electron chi connectivity index (χ0n) is 8.46. The van der Waals surface area contributed by atoms with Gasteiger partial charge in [-0.1, -0.05) is 6.07 Å². The number of hydrogen-bond donors (Lipinski definition) is 2. The lowest BCUT2D eigenvalue weighted by Gasteiger charge is -2.20. The Hall–Kier alpha value is -1.45. The van der Waals surface area contributed by atoms with Crippen LogP contribution in [-0.4, -0.2) is 6.21 Å². The summed E-state index contributed by atoms with van der Waals surface area (Å²) in [6.45, 7) is 1.81. The number of benzene rings is 1. The molecule has 0 fully saturated rings. The lowest BCUT2D eigenvalue weighted by molar-refractivity contribution is 0.496. The van der Waals surface area contributed by atoms with Gasteiger partial charge in [-0.2, -0.15) is 0 Å². The smallest absolute Gasteiger partial charge is 0.0354 e. The number of rotatable bonds is 0. The Labute approximate surface area is 88.9 Å². The molecule has 0 unspecified atom stereocenters. The molecule has 0 spiro atoms. The van der Waals surface area contributed by atoms with E-state index in [4.69, 9.17) is 0 Å². The van der Waals surface area contributed by atoms with Gasteiger partial charge in [0.25, 0.3) is 0 Å². The predicted octanol–water partition coefficient (Wildman–Crippen LogP) is 1.39. The van der Waals surface area contributed by atoms with Crippen molar-refractivity contribution in [3.05, 3.63) is 40.6 Å². The molecule has 3 rings (SSSR count). The van der Waals surface area contributed by atoms with Gasteiger partial charge >= 0.3 is 0 Å². The topological polar surface area (TPSA) is 36.4 Å². The summed E-state index contributed by atoms with van der Waals surface area (Å²) < 4.78 is 0. The van der Waals surface area contributed by atoms with Crippen molar-refractivity contribution in [2.75, 3.05) is 0 Å². The van der Waals surface area contributed by atoms with Crippen molar-refractivity contribution in [2.24, 2.45) is 4.99 Å². The fraction of sp³-hybridized carbons (Fsp3) is 0.250. The van der Waals surface area contributed by atoms with Crippen LogP contribution in [0, 0.1) is 0 Å². The fourth-order valence-corrected chi connectivity index (χ4v) is 2.07. The standard InChI is InChI=1S/C12H13N3/c1-3-13-4-2-10-6-12-8-15-14-7-11(12)5-9(1)10/h1,3-6,14-15H,2,7-8H2. The van der Waals surface area contributed by atoms with Gasteiger partial charge in [0.2, 0.25) is 0 Å². The average molecular weight is 199 g/mol. The van der Waals surface area contributed by atoms with E-state index in [1.165, 1.54) is 22.3 Å². The molecule has 3 nitrogen and oxygen atoms in total. The Kier molecular flexibility index (Phi) is 2.12. The predicted molar refractivity (Wildman–Crippen MR) is 61.4 cm³/mol. The van der Waals surface area contributed by atoms with Crippen LogP contribution in [0.25, 0.3) is 6.08 Å². The van der Waals surface area contributed by atoms with E-state index in [1.807, 2.05) is 12.4 Å². The van der Waals surface area contributed by atoms with E-state index in [0.717, 1.165) is 19.5 Å². The molecule has 0 radical (unpaired) electrons. The zero-order valence-corrected chi connectivity index (χ0v) is 8.46. The minimum Gasteiger partial charge on any atom is -0.269 e. The lowest BCUT2D eigenvalue weighted by atomic mass is 9.96. The highest BCUT2D eigenvalue weighted by Gasteiger charge is 2.11. The molecule has 1 aromatic rings. The number of aliphatic imine (C=N–C) groups is 1. The Morgan fingerprint density at radius 3 is 2.67 bits per heavy atom. The monoisotopic (exact) mass is 199 g/mol. The Balaban J connectivity index is 2.11. The van der Waals surface area contributed by atoms with E-state index in [1.54, 1.807) is 0 Å². The van der Waals surface area contributed by atoms with Crippen molar-refractivity contribution < 1.29 is 0 Å². The van der Waals surface area contributed by atoms with E-state index in [0.29, 0.717) is 0 Å². The molecular weight excluding hydrogens is 186 g/mol. The first kappa shape index (κ1) is 8.83. The normalized spacial score (nSPS) is 18.1. The lowest BCUT2D eigenvalue weighted by Crippen LogP contribution is -2.35. The van der Waals surface area contributed by atoms with Crippen molar-refractivity contribution in [3.63, 3.8) is 0 Å². The van der Waals surface area contributed by atoms with Crippen LogP contribution in [0.5, 0.6) is 0 Å². The Morgan fingerprint density at radius 1 is 1.00 bits per heavy atom. The van der Waals surface area contributed by atoms with Gasteiger partial charge in [-0.3, -0.25) is 15.8 Å². The van der Waals surface area contributed by atoms with Crippen molar-refractivity contribution in [3.8, 4) is 0 Å². The van der Waals surface area contributed by atoms with E-state index in [9.17, 15) is 0 Å². The first-order valence-corrected chi connectivity index (χ1v) is 5.22. The second-order valence-corrected chi connectivity index (χ2v) is 3.88. The molecule has 0 bridgehead atoms. The number of hydrogen-bond acceptors (Lipinski definition) is 3. The largest absolute Gasteiger partial charge is 0.269 e. The minimum atomic E-state index is 0.900. The van der Waals surface area contributed by atoms with E-state index >= 15 is 0 Å². The second-order valence-electron chi connectivity index (χ2n) is 3.88. The van der Waals surface area contributed by atoms with Crippen LogP contribution in [0.4, 0.5) is 0 Å². The molecule has 0 aromatic heterocycles. The van der Waals surface area contributed by atoms with Crippen molar-refractivity contribution >= 4 is 12.3 Å². The third-order valence-corrected chi connectivity index (χ3v) is 2.90. The Morgan fingerprint density at radius 2 is 1.80 bits per heavy atom. The highest BCUT2D eigenvalue weighted by atomic mass is 15.4. The molecule has 0 saturated heterocycles. The van der Waals surface area contributed by atoms with Gasteiger partial charge in [0, 0.05) is 31.9 Å². The molecule has 15 heavy (non-hydrogen) atoms. The number of hydrazine groups is 1. The molecule has 2 aliphatic heterocycles. The van der Waals surface area contributed by atoms with E-state index < -0.39 is 0 Å². The van der Waals surface area contributed by atoms with Crippen LogP contribution in [0.2, 0.25) is 0 Å². The second kappa shape index (κ2) is 3.61. The molecule has 2 heterocycles. The molecule has 2 aliphatic rings. The summed E-state index contributed by atoms with van der Waals surface area (Å²) in [6.07, 6.45) is 6.85. The summed E-state index contributed by atoms with van der Waals surface area (Å²) in [5, 5.41) is 0. The Bertz CT molecular complexity index is 446. The first-order valence-electron chi connectivity index (χ1n) is 5.22. The van der Waals surface area contributed by atoms with Gasteiger partial charge in [-0.05, 0) is 34.4 Å². The van der Waals surface area contributed by atoms with Gasteiger partial charge in [0.05, 0.1) is 0 Å². The summed E-state index contributed by atoms with van der Waals surface area (Å²) in [4.78, 5) is 4.18. The highest BCUT2D eigenvalue weighted by molar-refractivity contribution is 5.70. The molecule has 3 heteroatoms. The zero-order chi connectivity index (χ0) is 10.1. The van der Waals surface area contributed by atoms with Gasteiger partial charge in [0.15, 0.2) is 0 Å². The maximum absolute atomic E-state index is 4.18.